The van der Waals surface area contributed by atoms with E-state index in [1.807, 2.05) is 0 Å². The average Bonchev–Trinajstić information content (AvgIpc) is 2.48. The van der Waals surface area contributed by atoms with Gasteiger partial charge in [-0.3, -0.25) is 0 Å². The maximum absolute atomic E-state index is 13.2. The molecule has 0 saturated carbocycles. The Labute approximate surface area is 78.4 Å². The molecule has 5 heteroatoms. The first-order valence-electron chi connectivity index (χ1n) is 3.74. The van der Waals surface area contributed by atoms with Crippen LogP contribution in [-0.4, -0.2) is 12.0 Å². The minimum Gasteiger partial charge on any atom is -0.386 e. The van der Waals surface area contributed by atoms with Crippen molar-refractivity contribution in [3.63, 3.8) is 0 Å². The highest BCUT2D eigenvalue weighted by molar-refractivity contribution is 7.22. The second-order valence-electron chi connectivity index (χ2n) is 2.57. The van der Waals surface area contributed by atoms with Gasteiger partial charge in [-0.15, -0.1) is 0 Å². The number of anilines is 2. The molecule has 3 N–H and O–H groups in total. The number of nitrogens with zero attached hydrogens (tertiary/aromatic N) is 1. The minimum absolute atomic E-state index is 0.275. The van der Waals surface area contributed by atoms with E-state index >= 15 is 0 Å². The van der Waals surface area contributed by atoms with E-state index in [9.17, 15) is 4.39 Å². The van der Waals surface area contributed by atoms with E-state index in [-0.39, 0.29) is 5.82 Å². The molecule has 2 aromatic rings. The van der Waals surface area contributed by atoms with Gasteiger partial charge in [-0.05, 0) is 12.1 Å². The van der Waals surface area contributed by atoms with Crippen molar-refractivity contribution in [3.8, 4) is 0 Å². The number of nitrogen functional groups attached to an aromatic ring is 1. The lowest BCUT2D eigenvalue weighted by molar-refractivity contribution is 0.641. The molecular weight excluding hydrogens is 189 g/mol. The van der Waals surface area contributed by atoms with Crippen molar-refractivity contribution >= 4 is 32.4 Å². The number of thiazole rings is 1. The second-order valence-corrected chi connectivity index (χ2v) is 3.61. The molecule has 0 fully saturated rings. The molecule has 13 heavy (non-hydrogen) atoms. The molecule has 3 nitrogen and oxygen atoms in total. The minimum atomic E-state index is -0.275. The Morgan fingerprint density at radius 3 is 3.00 bits per heavy atom. The zero-order chi connectivity index (χ0) is 9.42. The zero-order valence-corrected chi connectivity index (χ0v) is 7.78. The SMILES string of the molecule is CNc1ccc(F)c2sc(N)nc12. The first-order valence-corrected chi connectivity index (χ1v) is 4.56. The third kappa shape index (κ3) is 1.21. The summed E-state index contributed by atoms with van der Waals surface area (Å²) in [5.41, 5.74) is 6.89. The van der Waals surface area contributed by atoms with Gasteiger partial charge in [0.25, 0.3) is 0 Å². The van der Waals surface area contributed by atoms with Crippen LogP contribution in [0.2, 0.25) is 0 Å². The maximum Gasteiger partial charge on any atom is 0.181 e. The van der Waals surface area contributed by atoms with Crippen LogP contribution in [0.1, 0.15) is 0 Å². The molecule has 0 amide bonds. The van der Waals surface area contributed by atoms with Gasteiger partial charge in [0.15, 0.2) is 5.13 Å². The van der Waals surface area contributed by atoms with Gasteiger partial charge in [0, 0.05) is 7.05 Å². The number of nitrogens with two attached hydrogens (primary N) is 1. The molecule has 0 spiro atoms. The highest BCUT2D eigenvalue weighted by atomic mass is 32.1. The number of halogens is 1. The summed E-state index contributed by atoms with van der Waals surface area (Å²) >= 11 is 1.16. The van der Waals surface area contributed by atoms with Crippen molar-refractivity contribution in [2.24, 2.45) is 0 Å². The monoisotopic (exact) mass is 197 g/mol. The van der Waals surface area contributed by atoms with Crippen LogP contribution in [0.4, 0.5) is 15.2 Å². The Hall–Kier alpha value is -1.36. The molecule has 0 unspecified atom stereocenters. The molecule has 0 aliphatic carbocycles. The Morgan fingerprint density at radius 2 is 2.31 bits per heavy atom. The molecule has 1 heterocycles. The topological polar surface area (TPSA) is 50.9 Å². The number of hydrogen-bond acceptors (Lipinski definition) is 4. The summed E-state index contributed by atoms with van der Waals surface area (Å²) in [6.07, 6.45) is 0. The second kappa shape index (κ2) is 2.85. The number of aromatic nitrogens is 1. The van der Waals surface area contributed by atoms with Crippen molar-refractivity contribution in [2.75, 3.05) is 18.1 Å². The van der Waals surface area contributed by atoms with E-state index in [4.69, 9.17) is 5.73 Å². The molecular formula is C8H8FN3S. The van der Waals surface area contributed by atoms with Crippen LogP contribution in [0.25, 0.3) is 10.2 Å². The number of nitrogens with one attached hydrogen (secondary N) is 1. The largest absolute Gasteiger partial charge is 0.386 e. The van der Waals surface area contributed by atoms with Gasteiger partial charge in [-0.25, -0.2) is 9.37 Å². The smallest absolute Gasteiger partial charge is 0.181 e. The standard InChI is InChI=1S/C8H8FN3S/c1-11-5-3-2-4(9)7-6(5)12-8(10)13-7/h2-3,11H,1H3,(H2,10,12). The van der Waals surface area contributed by atoms with Gasteiger partial charge in [-0.2, -0.15) is 0 Å². The van der Waals surface area contributed by atoms with Crippen molar-refractivity contribution < 1.29 is 4.39 Å². The van der Waals surface area contributed by atoms with Crippen molar-refractivity contribution in [2.45, 2.75) is 0 Å². The van der Waals surface area contributed by atoms with Crippen LogP contribution in [0, 0.1) is 5.82 Å². The third-order valence-corrected chi connectivity index (χ3v) is 2.67. The predicted molar refractivity (Wildman–Crippen MR) is 53.5 cm³/mol. The van der Waals surface area contributed by atoms with Gasteiger partial charge >= 0.3 is 0 Å². The number of hydrogen-bond donors (Lipinski definition) is 2. The van der Waals surface area contributed by atoms with E-state index in [1.165, 1.54) is 6.07 Å². The fraction of sp³-hybridized carbons (Fsp3) is 0.125. The molecule has 68 valence electrons. The zero-order valence-electron chi connectivity index (χ0n) is 6.97. The lowest BCUT2D eigenvalue weighted by Crippen LogP contribution is -1.90. The van der Waals surface area contributed by atoms with E-state index in [0.29, 0.717) is 15.3 Å². The summed E-state index contributed by atoms with van der Waals surface area (Å²) in [6.45, 7) is 0. The van der Waals surface area contributed by atoms with Crippen LogP contribution < -0.4 is 11.1 Å². The first-order chi connectivity index (χ1) is 6.22. The van der Waals surface area contributed by atoms with E-state index < -0.39 is 0 Å². The summed E-state index contributed by atoms with van der Waals surface area (Å²) in [7, 11) is 1.77. The number of fused-ring (bicyclic) bond motifs is 1. The fourth-order valence-electron chi connectivity index (χ4n) is 1.19. The van der Waals surface area contributed by atoms with Gasteiger partial charge in [0.05, 0.1) is 10.4 Å². The third-order valence-electron chi connectivity index (χ3n) is 1.78. The van der Waals surface area contributed by atoms with E-state index in [0.717, 1.165) is 17.0 Å². The predicted octanol–water partition coefficient (Wildman–Crippen LogP) is 2.06. The highest BCUT2D eigenvalue weighted by Gasteiger charge is 2.09. The average molecular weight is 197 g/mol. The molecule has 0 aliphatic rings. The first kappa shape index (κ1) is 8.25. The molecule has 0 saturated heterocycles. The highest BCUT2D eigenvalue weighted by Crippen LogP contribution is 2.31. The van der Waals surface area contributed by atoms with E-state index in [1.54, 1.807) is 13.1 Å². The molecule has 1 aromatic heterocycles. The summed E-state index contributed by atoms with van der Waals surface area (Å²) in [5, 5.41) is 3.32. The van der Waals surface area contributed by atoms with Crippen LogP contribution in [-0.2, 0) is 0 Å². The molecule has 0 aliphatic heterocycles. The lowest BCUT2D eigenvalue weighted by atomic mass is 10.3. The van der Waals surface area contributed by atoms with Crippen molar-refractivity contribution in [1.82, 2.24) is 4.98 Å². The van der Waals surface area contributed by atoms with Crippen LogP contribution in [0.5, 0.6) is 0 Å². The number of rotatable bonds is 1. The summed E-state index contributed by atoms with van der Waals surface area (Å²) in [5.74, 6) is -0.275. The molecule has 0 bridgehead atoms. The van der Waals surface area contributed by atoms with Gasteiger partial charge in [0.2, 0.25) is 0 Å². The van der Waals surface area contributed by atoms with Crippen LogP contribution in [0.3, 0.4) is 0 Å². The lowest BCUT2D eigenvalue weighted by Gasteiger charge is -1.99. The van der Waals surface area contributed by atoms with Crippen LogP contribution >= 0.6 is 11.3 Å². The van der Waals surface area contributed by atoms with Gasteiger partial charge in [-0.1, -0.05) is 11.3 Å². The fourth-order valence-corrected chi connectivity index (χ4v) is 1.96. The van der Waals surface area contributed by atoms with Gasteiger partial charge < -0.3 is 11.1 Å². The normalized spacial score (nSPS) is 10.6. The molecule has 2 rings (SSSR count). The molecule has 0 radical (unpaired) electrons. The van der Waals surface area contributed by atoms with Crippen molar-refractivity contribution in [3.05, 3.63) is 17.9 Å². The quantitative estimate of drug-likeness (QED) is 0.735. The van der Waals surface area contributed by atoms with Gasteiger partial charge in [0.1, 0.15) is 11.3 Å². The van der Waals surface area contributed by atoms with Crippen LogP contribution in [0.15, 0.2) is 12.1 Å². The van der Waals surface area contributed by atoms with Crippen molar-refractivity contribution in [1.29, 1.82) is 0 Å². The number of benzene rings is 1. The Kier molecular flexibility index (Phi) is 1.81. The Morgan fingerprint density at radius 1 is 1.54 bits per heavy atom. The van der Waals surface area contributed by atoms with E-state index in [2.05, 4.69) is 10.3 Å². The summed E-state index contributed by atoms with van der Waals surface area (Å²) in [4.78, 5) is 4.04. The molecule has 1 aromatic carbocycles. The summed E-state index contributed by atoms with van der Waals surface area (Å²) in [6, 6.07) is 3.06. The summed E-state index contributed by atoms with van der Waals surface area (Å²) < 4.78 is 13.7. The molecule has 0 atom stereocenters. The Balaban J connectivity index is 2.83. The maximum atomic E-state index is 13.2. The Bertz CT molecular complexity index is 452.